The summed E-state index contributed by atoms with van der Waals surface area (Å²) in [5, 5.41) is 10.7. The zero-order chi connectivity index (χ0) is 12.6. The van der Waals surface area contributed by atoms with E-state index in [2.05, 4.69) is 0 Å². The Bertz CT molecular complexity index is 456. The maximum atomic E-state index is 12.1. The summed E-state index contributed by atoms with van der Waals surface area (Å²) in [7, 11) is 0. The fourth-order valence-electron chi connectivity index (χ4n) is 1.86. The Morgan fingerprint density at radius 3 is 2.71 bits per heavy atom. The van der Waals surface area contributed by atoms with Gasteiger partial charge in [-0.3, -0.25) is 4.79 Å². The van der Waals surface area contributed by atoms with Crippen LogP contribution in [-0.2, 0) is 0 Å². The molecule has 0 atom stereocenters. The number of β-amino-alcohol motifs (C(OH)–C–C–N with tert-alkyl or cyclic N) is 1. The lowest BCUT2D eigenvalue weighted by atomic mass is 9.90. The standard InChI is InChI=1S/C12H13Cl2NO2/c1-2-12(17)6-15(7-12)11(16)9-5-8(13)3-4-10(9)14/h3-5,17H,2,6-7H2,1H3. The van der Waals surface area contributed by atoms with Gasteiger partial charge in [0.15, 0.2) is 0 Å². The molecule has 1 aliphatic heterocycles. The van der Waals surface area contributed by atoms with Crippen molar-refractivity contribution in [3.05, 3.63) is 33.8 Å². The van der Waals surface area contributed by atoms with Crippen LogP contribution in [0, 0.1) is 0 Å². The number of likely N-dealkylation sites (tertiary alicyclic amines) is 1. The number of benzene rings is 1. The molecule has 1 amide bonds. The number of carbonyl (C=O) groups is 1. The van der Waals surface area contributed by atoms with Gasteiger partial charge < -0.3 is 10.0 Å². The Morgan fingerprint density at radius 2 is 2.12 bits per heavy atom. The third-order valence-corrected chi connectivity index (χ3v) is 3.64. The zero-order valence-electron chi connectivity index (χ0n) is 9.41. The molecule has 0 spiro atoms. The van der Waals surface area contributed by atoms with E-state index in [1.807, 2.05) is 6.92 Å². The maximum Gasteiger partial charge on any atom is 0.255 e. The molecule has 0 bridgehead atoms. The predicted molar refractivity (Wildman–Crippen MR) is 67.6 cm³/mol. The first kappa shape index (κ1) is 12.7. The lowest BCUT2D eigenvalue weighted by Gasteiger charge is -2.46. The van der Waals surface area contributed by atoms with Crippen molar-refractivity contribution in [2.24, 2.45) is 0 Å². The molecule has 0 radical (unpaired) electrons. The minimum atomic E-state index is -0.735. The largest absolute Gasteiger partial charge is 0.386 e. The van der Waals surface area contributed by atoms with Crippen LogP contribution in [0.4, 0.5) is 0 Å². The van der Waals surface area contributed by atoms with Gasteiger partial charge in [0.1, 0.15) is 0 Å². The highest BCUT2D eigenvalue weighted by Crippen LogP contribution is 2.28. The molecule has 17 heavy (non-hydrogen) atoms. The number of amides is 1. The van der Waals surface area contributed by atoms with Gasteiger partial charge in [0.2, 0.25) is 0 Å². The summed E-state index contributed by atoms with van der Waals surface area (Å²) in [5.41, 5.74) is -0.349. The van der Waals surface area contributed by atoms with Gasteiger partial charge in [0.25, 0.3) is 5.91 Å². The average molecular weight is 274 g/mol. The summed E-state index contributed by atoms with van der Waals surface area (Å²) in [5.74, 6) is -0.185. The first-order valence-corrected chi connectivity index (χ1v) is 6.17. The van der Waals surface area contributed by atoms with Crippen LogP contribution < -0.4 is 0 Å². The molecule has 5 heteroatoms. The number of carbonyl (C=O) groups excluding carboxylic acids is 1. The van der Waals surface area contributed by atoms with Crippen molar-refractivity contribution >= 4 is 29.1 Å². The molecule has 1 aromatic carbocycles. The number of hydrogen-bond donors (Lipinski definition) is 1. The van der Waals surface area contributed by atoms with Crippen LogP contribution in [0.5, 0.6) is 0 Å². The number of hydrogen-bond acceptors (Lipinski definition) is 2. The summed E-state index contributed by atoms with van der Waals surface area (Å²) < 4.78 is 0. The molecule has 1 aliphatic rings. The number of aliphatic hydroxyl groups is 1. The summed E-state index contributed by atoms with van der Waals surface area (Å²) in [4.78, 5) is 13.6. The Balaban J connectivity index is 2.14. The van der Waals surface area contributed by atoms with Gasteiger partial charge in [0.05, 0.1) is 29.3 Å². The van der Waals surface area contributed by atoms with Gasteiger partial charge in [-0.15, -0.1) is 0 Å². The van der Waals surface area contributed by atoms with E-state index >= 15 is 0 Å². The zero-order valence-corrected chi connectivity index (χ0v) is 10.9. The molecule has 1 aromatic rings. The molecule has 1 fully saturated rings. The lowest BCUT2D eigenvalue weighted by molar-refractivity contribution is -0.0826. The molecule has 1 saturated heterocycles. The van der Waals surface area contributed by atoms with Gasteiger partial charge in [-0.2, -0.15) is 0 Å². The maximum absolute atomic E-state index is 12.1. The first-order chi connectivity index (χ1) is 7.95. The van der Waals surface area contributed by atoms with Crippen LogP contribution in [0.1, 0.15) is 23.7 Å². The van der Waals surface area contributed by atoms with Crippen LogP contribution in [0.25, 0.3) is 0 Å². The van der Waals surface area contributed by atoms with Gasteiger partial charge in [-0.05, 0) is 24.6 Å². The van der Waals surface area contributed by atoms with Gasteiger partial charge in [0, 0.05) is 5.02 Å². The summed E-state index contributed by atoms with van der Waals surface area (Å²) in [6, 6.07) is 4.79. The fourth-order valence-corrected chi connectivity index (χ4v) is 2.23. The molecule has 0 unspecified atom stereocenters. The highest BCUT2D eigenvalue weighted by molar-refractivity contribution is 6.35. The molecule has 1 N–H and O–H groups in total. The number of halogens is 2. The van der Waals surface area contributed by atoms with Gasteiger partial charge >= 0.3 is 0 Å². The molecular formula is C12H13Cl2NO2. The number of nitrogens with zero attached hydrogens (tertiary/aromatic N) is 1. The Kier molecular flexibility index (Phi) is 3.34. The van der Waals surface area contributed by atoms with Crippen molar-refractivity contribution in [2.45, 2.75) is 18.9 Å². The van der Waals surface area contributed by atoms with Gasteiger partial charge in [-0.1, -0.05) is 30.1 Å². The lowest BCUT2D eigenvalue weighted by Crippen LogP contribution is -2.63. The van der Waals surface area contributed by atoms with E-state index in [1.54, 1.807) is 23.1 Å². The quantitative estimate of drug-likeness (QED) is 0.900. The highest BCUT2D eigenvalue weighted by Gasteiger charge is 2.42. The van der Waals surface area contributed by atoms with Crippen molar-refractivity contribution in [2.75, 3.05) is 13.1 Å². The number of rotatable bonds is 2. The van der Waals surface area contributed by atoms with Crippen LogP contribution in [0.15, 0.2) is 18.2 Å². The highest BCUT2D eigenvalue weighted by atomic mass is 35.5. The SMILES string of the molecule is CCC1(O)CN(C(=O)c2cc(Cl)ccc2Cl)C1. The van der Waals surface area contributed by atoms with Crippen molar-refractivity contribution < 1.29 is 9.90 Å². The van der Waals surface area contributed by atoms with Crippen molar-refractivity contribution in [1.82, 2.24) is 4.90 Å². The van der Waals surface area contributed by atoms with Crippen molar-refractivity contribution in [3.63, 3.8) is 0 Å². The summed E-state index contributed by atoms with van der Waals surface area (Å²) in [6.07, 6.45) is 0.639. The van der Waals surface area contributed by atoms with Crippen LogP contribution in [0.2, 0.25) is 10.0 Å². The predicted octanol–water partition coefficient (Wildman–Crippen LogP) is 2.59. The average Bonchev–Trinajstić information content (AvgIpc) is 2.27. The Labute approximate surface area is 110 Å². The fraction of sp³-hybridized carbons (Fsp3) is 0.417. The van der Waals surface area contributed by atoms with Crippen LogP contribution in [-0.4, -0.2) is 34.6 Å². The minimum absolute atomic E-state index is 0.185. The normalized spacial score (nSPS) is 17.8. The Morgan fingerprint density at radius 1 is 1.47 bits per heavy atom. The second-order valence-electron chi connectivity index (χ2n) is 4.36. The topological polar surface area (TPSA) is 40.5 Å². The van der Waals surface area contributed by atoms with E-state index in [9.17, 15) is 9.90 Å². The van der Waals surface area contributed by atoms with E-state index in [-0.39, 0.29) is 5.91 Å². The van der Waals surface area contributed by atoms with E-state index in [1.165, 1.54) is 0 Å². The summed E-state index contributed by atoms with van der Waals surface area (Å²) >= 11 is 11.8. The first-order valence-electron chi connectivity index (χ1n) is 5.42. The molecular weight excluding hydrogens is 261 g/mol. The monoisotopic (exact) mass is 273 g/mol. The minimum Gasteiger partial charge on any atom is -0.386 e. The molecule has 0 aromatic heterocycles. The smallest absolute Gasteiger partial charge is 0.255 e. The van der Waals surface area contributed by atoms with Gasteiger partial charge in [-0.25, -0.2) is 0 Å². The third kappa shape index (κ3) is 2.41. The molecule has 1 heterocycles. The van der Waals surface area contributed by atoms with E-state index < -0.39 is 5.60 Å². The third-order valence-electron chi connectivity index (χ3n) is 3.07. The van der Waals surface area contributed by atoms with Crippen molar-refractivity contribution in [3.8, 4) is 0 Å². The van der Waals surface area contributed by atoms with Crippen molar-refractivity contribution in [1.29, 1.82) is 0 Å². The second kappa shape index (κ2) is 4.48. The van der Waals surface area contributed by atoms with E-state index in [4.69, 9.17) is 23.2 Å². The van der Waals surface area contributed by atoms with Crippen LogP contribution >= 0.6 is 23.2 Å². The molecule has 0 saturated carbocycles. The van der Waals surface area contributed by atoms with E-state index in [0.29, 0.717) is 35.1 Å². The Hall–Kier alpha value is -0.770. The summed E-state index contributed by atoms with van der Waals surface area (Å²) in [6.45, 7) is 2.60. The van der Waals surface area contributed by atoms with Crippen LogP contribution in [0.3, 0.4) is 0 Å². The molecule has 3 nitrogen and oxygen atoms in total. The molecule has 2 rings (SSSR count). The van der Waals surface area contributed by atoms with E-state index in [0.717, 1.165) is 0 Å². The molecule has 92 valence electrons. The second-order valence-corrected chi connectivity index (χ2v) is 5.21. The molecule has 0 aliphatic carbocycles.